The predicted octanol–water partition coefficient (Wildman–Crippen LogP) is 1.08. The first-order chi connectivity index (χ1) is 8.41. The Morgan fingerprint density at radius 1 is 1.44 bits per heavy atom. The average Bonchev–Trinajstić information content (AvgIpc) is 2.30. The van der Waals surface area contributed by atoms with Gasteiger partial charge in [-0.25, -0.2) is 0 Å². The van der Waals surface area contributed by atoms with Gasteiger partial charge in [-0.05, 0) is 41.4 Å². The fourth-order valence-electron chi connectivity index (χ4n) is 1.91. The highest BCUT2D eigenvalue weighted by Gasteiger charge is 2.41. The average molecular weight is 312 g/mol. The van der Waals surface area contributed by atoms with Crippen LogP contribution in [0.3, 0.4) is 0 Å². The van der Waals surface area contributed by atoms with Crippen molar-refractivity contribution in [2.24, 2.45) is 0 Å². The Hall–Kier alpha value is -1.43. The lowest BCUT2D eigenvalue weighted by Crippen LogP contribution is -2.63. The van der Waals surface area contributed by atoms with Gasteiger partial charge in [-0.15, -0.1) is 0 Å². The highest BCUT2D eigenvalue weighted by Crippen LogP contribution is 2.22. The molecule has 2 rings (SSSR count). The summed E-state index contributed by atoms with van der Waals surface area (Å²) >= 11 is 3.34. The lowest BCUT2D eigenvalue weighted by Gasteiger charge is -2.41. The third-order valence-electron chi connectivity index (χ3n) is 3.03. The van der Waals surface area contributed by atoms with Crippen LogP contribution in [0.4, 0.5) is 0 Å². The van der Waals surface area contributed by atoms with Gasteiger partial charge in [0, 0.05) is 23.4 Å². The number of pyridine rings is 1. The summed E-state index contributed by atoms with van der Waals surface area (Å²) in [5, 5.41) is 2.59. The Morgan fingerprint density at radius 3 is 2.83 bits per heavy atom. The molecule has 18 heavy (non-hydrogen) atoms. The molecule has 0 atom stereocenters. The van der Waals surface area contributed by atoms with Crippen molar-refractivity contribution >= 4 is 27.7 Å². The van der Waals surface area contributed by atoms with Crippen LogP contribution in [-0.2, 0) is 16.1 Å². The molecule has 5 nitrogen and oxygen atoms in total. The second kappa shape index (κ2) is 4.68. The van der Waals surface area contributed by atoms with Crippen molar-refractivity contribution in [3.8, 4) is 0 Å². The topological polar surface area (TPSA) is 62.3 Å². The molecule has 2 heterocycles. The maximum atomic E-state index is 11.9. The van der Waals surface area contributed by atoms with E-state index < -0.39 is 5.54 Å². The van der Waals surface area contributed by atoms with Gasteiger partial charge in [0.1, 0.15) is 5.54 Å². The number of nitrogens with zero attached hydrogens (tertiary/aromatic N) is 2. The fourth-order valence-corrected chi connectivity index (χ4v) is 2.32. The Labute approximate surface area is 114 Å². The molecule has 6 heteroatoms. The lowest BCUT2D eigenvalue weighted by atomic mass is 9.98. The molecular formula is C12H14BrN3O2. The zero-order chi connectivity index (χ0) is 13.3. The van der Waals surface area contributed by atoms with Gasteiger partial charge in [-0.2, -0.15) is 0 Å². The van der Waals surface area contributed by atoms with E-state index in [0.29, 0.717) is 6.54 Å². The van der Waals surface area contributed by atoms with Crippen LogP contribution in [0.25, 0.3) is 0 Å². The Balaban J connectivity index is 2.25. The minimum atomic E-state index is -0.836. The summed E-state index contributed by atoms with van der Waals surface area (Å²) in [5.41, 5.74) is 0.0537. The highest BCUT2D eigenvalue weighted by atomic mass is 79.9. The number of carbonyl (C=O) groups excluding carboxylic acids is 2. The third kappa shape index (κ3) is 2.38. The minimum absolute atomic E-state index is 0.0592. The van der Waals surface area contributed by atoms with Crippen LogP contribution in [0.1, 0.15) is 19.4 Å². The van der Waals surface area contributed by atoms with Crippen molar-refractivity contribution in [3.05, 3.63) is 28.5 Å². The number of hydrogen-bond acceptors (Lipinski definition) is 3. The molecule has 2 amide bonds. The summed E-state index contributed by atoms with van der Waals surface area (Å²) in [5.74, 6) is -0.218. The Bertz CT molecular complexity index is 502. The van der Waals surface area contributed by atoms with Crippen molar-refractivity contribution in [1.82, 2.24) is 15.2 Å². The molecule has 1 fully saturated rings. The highest BCUT2D eigenvalue weighted by molar-refractivity contribution is 9.10. The van der Waals surface area contributed by atoms with Gasteiger partial charge in [0.05, 0.1) is 6.54 Å². The third-order valence-corrected chi connectivity index (χ3v) is 3.47. The van der Waals surface area contributed by atoms with Crippen LogP contribution in [-0.4, -0.2) is 33.8 Å². The van der Waals surface area contributed by atoms with Crippen molar-refractivity contribution in [1.29, 1.82) is 0 Å². The van der Waals surface area contributed by atoms with Crippen LogP contribution < -0.4 is 5.32 Å². The molecule has 0 saturated carbocycles. The first-order valence-corrected chi connectivity index (χ1v) is 6.39. The molecule has 1 aliphatic heterocycles. The van der Waals surface area contributed by atoms with E-state index in [2.05, 4.69) is 26.2 Å². The second-order valence-electron chi connectivity index (χ2n) is 4.73. The molecule has 1 N–H and O–H groups in total. The molecule has 0 spiro atoms. The standard InChI is InChI=1S/C12H14BrN3O2/c1-12(2)11(18)15-6-10(17)16(12)7-8-3-9(13)5-14-4-8/h3-5H,6-7H2,1-2H3,(H,15,18). The molecule has 96 valence electrons. The molecule has 1 aromatic rings. The summed E-state index contributed by atoms with van der Waals surface area (Å²) in [7, 11) is 0. The van der Waals surface area contributed by atoms with Gasteiger partial charge < -0.3 is 10.2 Å². The van der Waals surface area contributed by atoms with Crippen LogP contribution in [0.5, 0.6) is 0 Å². The first-order valence-electron chi connectivity index (χ1n) is 5.59. The molecule has 1 saturated heterocycles. The van der Waals surface area contributed by atoms with E-state index in [-0.39, 0.29) is 18.4 Å². The lowest BCUT2D eigenvalue weighted by molar-refractivity contribution is -0.152. The zero-order valence-corrected chi connectivity index (χ0v) is 11.8. The molecule has 0 aromatic carbocycles. The molecule has 0 unspecified atom stereocenters. The number of carbonyl (C=O) groups is 2. The smallest absolute Gasteiger partial charge is 0.245 e. The van der Waals surface area contributed by atoms with Gasteiger partial charge in [0.2, 0.25) is 11.8 Å². The van der Waals surface area contributed by atoms with Crippen molar-refractivity contribution in [2.45, 2.75) is 25.9 Å². The monoisotopic (exact) mass is 311 g/mol. The molecule has 0 aliphatic carbocycles. The summed E-state index contributed by atoms with van der Waals surface area (Å²) in [6.45, 7) is 3.92. The Kier molecular flexibility index (Phi) is 3.38. The fraction of sp³-hybridized carbons (Fsp3) is 0.417. The number of rotatable bonds is 2. The van der Waals surface area contributed by atoms with E-state index in [0.717, 1.165) is 10.0 Å². The van der Waals surface area contributed by atoms with Crippen LogP contribution in [0.2, 0.25) is 0 Å². The number of piperazine rings is 1. The number of halogens is 1. The van der Waals surface area contributed by atoms with E-state index in [1.54, 1.807) is 31.1 Å². The van der Waals surface area contributed by atoms with E-state index in [4.69, 9.17) is 0 Å². The van der Waals surface area contributed by atoms with E-state index >= 15 is 0 Å². The molecule has 0 bridgehead atoms. The molecular weight excluding hydrogens is 298 g/mol. The maximum absolute atomic E-state index is 11.9. The number of amides is 2. The molecule has 1 aromatic heterocycles. The molecule has 0 radical (unpaired) electrons. The first kappa shape index (κ1) is 13.0. The van der Waals surface area contributed by atoms with Gasteiger partial charge in [-0.1, -0.05) is 0 Å². The van der Waals surface area contributed by atoms with Crippen LogP contribution >= 0.6 is 15.9 Å². The quantitative estimate of drug-likeness (QED) is 0.889. The summed E-state index contributed by atoms with van der Waals surface area (Å²) in [6, 6.07) is 1.89. The zero-order valence-electron chi connectivity index (χ0n) is 10.2. The largest absolute Gasteiger partial charge is 0.345 e. The van der Waals surface area contributed by atoms with Gasteiger partial charge >= 0.3 is 0 Å². The van der Waals surface area contributed by atoms with E-state index in [1.165, 1.54) is 0 Å². The van der Waals surface area contributed by atoms with Crippen molar-refractivity contribution in [2.75, 3.05) is 6.54 Å². The Morgan fingerprint density at radius 2 is 2.17 bits per heavy atom. The number of hydrogen-bond donors (Lipinski definition) is 1. The molecule has 1 aliphatic rings. The van der Waals surface area contributed by atoms with Gasteiger partial charge in [0.25, 0.3) is 0 Å². The van der Waals surface area contributed by atoms with Crippen molar-refractivity contribution in [3.63, 3.8) is 0 Å². The number of aromatic nitrogens is 1. The maximum Gasteiger partial charge on any atom is 0.245 e. The van der Waals surface area contributed by atoms with Gasteiger partial charge in [-0.3, -0.25) is 14.6 Å². The number of nitrogens with one attached hydrogen (secondary N) is 1. The predicted molar refractivity (Wildman–Crippen MR) is 69.6 cm³/mol. The van der Waals surface area contributed by atoms with E-state index in [1.807, 2.05) is 6.07 Å². The minimum Gasteiger partial charge on any atom is -0.345 e. The second-order valence-corrected chi connectivity index (χ2v) is 5.65. The van der Waals surface area contributed by atoms with Gasteiger partial charge in [0.15, 0.2) is 0 Å². The normalized spacial score (nSPS) is 18.7. The van der Waals surface area contributed by atoms with Crippen LogP contribution in [0.15, 0.2) is 22.9 Å². The van der Waals surface area contributed by atoms with Crippen molar-refractivity contribution < 1.29 is 9.59 Å². The van der Waals surface area contributed by atoms with E-state index in [9.17, 15) is 9.59 Å². The summed E-state index contributed by atoms with van der Waals surface area (Å²) in [6.07, 6.45) is 3.38. The SMILES string of the molecule is CC1(C)C(=O)NCC(=O)N1Cc1cncc(Br)c1. The summed E-state index contributed by atoms with van der Waals surface area (Å²) < 4.78 is 0.853. The summed E-state index contributed by atoms with van der Waals surface area (Å²) in [4.78, 5) is 29.4. The van der Waals surface area contributed by atoms with Crippen LogP contribution in [0, 0.1) is 0 Å².